The first-order chi connectivity index (χ1) is 8.27. The Labute approximate surface area is 102 Å². The Hall–Kier alpha value is -1.64. The molecule has 1 aromatic carbocycles. The molecular weight excluding hydrogens is 216 g/mol. The summed E-state index contributed by atoms with van der Waals surface area (Å²) in [6.45, 7) is 2.35. The highest BCUT2D eigenvalue weighted by Gasteiger charge is 2.07. The Bertz CT molecular complexity index is 346. The van der Waals surface area contributed by atoms with Gasteiger partial charge in [0, 0.05) is 5.92 Å². The summed E-state index contributed by atoms with van der Waals surface area (Å²) in [5, 5.41) is 0. The van der Waals surface area contributed by atoms with Gasteiger partial charge in [-0.05, 0) is 31.4 Å². The number of hydrogen-bond donors (Lipinski definition) is 0. The molecule has 0 fully saturated rings. The quantitative estimate of drug-likeness (QED) is 0.414. The monoisotopic (exact) mass is 234 g/mol. The molecule has 0 spiro atoms. The second-order valence-electron chi connectivity index (χ2n) is 3.95. The van der Waals surface area contributed by atoms with Crippen LogP contribution in [0.3, 0.4) is 0 Å². The van der Waals surface area contributed by atoms with Crippen molar-refractivity contribution in [3.8, 4) is 0 Å². The average molecular weight is 234 g/mol. The van der Waals surface area contributed by atoms with Crippen LogP contribution in [-0.2, 0) is 9.53 Å². The number of carbonyl (C=O) groups is 2. The van der Waals surface area contributed by atoms with Gasteiger partial charge >= 0.3 is 5.97 Å². The molecule has 0 heterocycles. The minimum Gasteiger partial charge on any atom is -0.462 e. The van der Waals surface area contributed by atoms with Crippen molar-refractivity contribution >= 4 is 12.3 Å². The maximum absolute atomic E-state index is 11.5. The maximum Gasteiger partial charge on any atom is 0.338 e. The van der Waals surface area contributed by atoms with E-state index in [1.54, 1.807) is 24.3 Å². The summed E-state index contributed by atoms with van der Waals surface area (Å²) in [5.74, 6) is -0.213. The molecule has 17 heavy (non-hydrogen) atoms. The molecule has 0 bridgehead atoms. The molecule has 0 radical (unpaired) electrons. The van der Waals surface area contributed by atoms with E-state index in [4.69, 9.17) is 4.74 Å². The first-order valence-corrected chi connectivity index (χ1v) is 5.95. The highest BCUT2D eigenvalue weighted by Crippen LogP contribution is 2.08. The van der Waals surface area contributed by atoms with E-state index in [-0.39, 0.29) is 11.9 Å². The lowest BCUT2D eigenvalue weighted by atomic mass is 10.0. The van der Waals surface area contributed by atoms with Crippen LogP contribution in [0.15, 0.2) is 30.3 Å². The third kappa shape index (κ3) is 4.81. The average Bonchev–Trinajstić information content (AvgIpc) is 2.40. The predicted molar refractivity (Wildman–Crippen MR) is 65.8 cm³/mol. The molecule has 3 nitrogen and oxygen atoms in total. The van der Waals surface area contributed by atoms with Crippen molar-refractivity contribution in [2.45, 2.75) is 26.2 Å². The largest absolute Gasteiger partial charge is 0.462 e. The molecule has 92 valence electrons. The van der Waals surface area contributed by atoms with Crippen LogP contribution in [-0.4, -0.2) is 18.9 Å². The summed E-state index contributed by atoms with van der Waals surface area (Å²) in [6, 6.07) is 8.91. The summed E-state index contributed by atoms with van der Waals surface area (Å²) in [6.07, 6.45) is 3.33. The Morgan fingerprint density at radius 2 is 2.06 bits per heavy atom. The second kappa shape index (κ2) is 7.60. The van der Waals surface area contributed by atoms with Gasteiger partial charge in [0.2, 0.25) is 0 Å². The standard InChI is InChI=1S/C14H18O3/c1-2-12(11-15)7-6-10-17-14(16)13-8-4-3-5-9-13/h3-5,8-9,11-12H,2,6-7,10H2,1H3. The van der Waals surface area contributed by atoms with E-state index < -0.39 is 0 Å². The third-order valence-corrected chi connectivity index (χ3v) is 2.68. The number of esters is 1. The van der Waals surface area contributed by atoms with Gasteiger partial charge in [-0.1, -0.05) is 25.1 Å². The number of aldehydes is 1. The van der Waals surface area contributed by atoms with Gasteiger partial charge < -0.3 is 9.53 Å². The van der Waals surface area contributed by atoms with E-state index in [1.165, 1.54) is 0 Å². The maximum atomic E-state index is 11.5. The topological polar surface area (TPSA) is 43.4 Å². The SMILES string of the molecule is CCC(C=O)CCCOC(=O)c1ccccc1. The molecule has 1 unspecified atom stereocenters. The minimum atomic E-state index is -0.301. The van der Waals surface area contributed by atoms with Gasteiger partial charge in [0.05, 0.1) is 12.2 Å². The fourth-order valence-electron chi connectivity index (χ4n) is 1.54. The van der Waals surface area contributed by atoms with Crippen LogP contribution >= 0.6 is 0 Å². The summed E-state index contributed by atoms with van der Waals surface area (Å²) >= 11 is 0. The molecular formula is C14H18O3. The highest BCUT2D eigenvalue weighted by atomic mass is 16.5. The van der Waals surface area contributed by atoms with Crippen LogP contribution in [0, 0.1) is 5.92 Å². The lowest BCUT2D eigenvalue weighted by Crippen LogP contribution is -2.08. The first-order valence-electron chi connectivity index (χ1n) is 5.95. The van der Waals surface area contributed by atoms with Gasteiger partial charge in [-0.15, -0.1) is 0 Å². The summed E-state index contributed by atoms with van der Waals surface area (Å²) in [4.78, 5) is 22.1. The summed E-state index contributed by atoms with van der Waals surface area (Å²) < 4.78 is 5.11. The van der Waals surface area contributed by atoms with Crippen LogP contribution in [0.25, 0.3) is 0 Å². The first kappa shape index (κ1) is 13.4. The zero-order chi connectivity index (χ0) is 12.5. The van der Waals surface area contributed by atoms with Crippen LogP contribution < -0.4 is 0 Å². The van der Waals surface area contributed by atoms with E-state index in [0.29, 0.717) is 12.2 Å². The molecule has 0 aliphatic heterocycles. The number of benzene rings is 1. The van der Waals surface area contributed by atoms with Gasteiger partial charge in [0.1, 0.15) is 6.29 Å². The summed E-state index contributed by atoms with van der Waals surface area (Å²) in [7, 11) is 0. The molecule has 1 atom stereocenters. The molecule has 1 aromatic rings. The van der Waals surface area contributed by atoms with Gasteiger partial charge in [0.15, 0.2) is 0 Å². The van der Waals surface area contributed by atoms with Crippen molar-refractivity contribution < 1.29 is 14.3 Å². The Balaban J connectivity index is 2.23. The highest BCUT2D eigenvalue weighted by molar-refractivity contribution is 5.89. The Morgan fingerprint density at radius 3 is 2.65 bits per heavy atom. The van der Waals surface area contributed by atoms with Crippen molar-refractivity contribution in [2.24, 2.45) is 5.92 Å². The summed E-state index contributed by atoms with van der Waals surface area (Å²) in [5.41, 5.74) is 0.565. The predicted octanol–water partition coefficient (Wildman–Crippen LogP) is 2.85. The minimum absolute atomic E-state index is 0.0884. The normalized spacial score (nSPS) is 11.8. The molecule has 0 aliphatic carbocycles. The van der Waals surface area contributed by atoms with Crippen molar-refractivity contribution in [2.75, 3.05) is 6.61 Å². The number of rotatable bonds is 7. The fraction of sp³-hybridized carbons (Fsp3) is 0.429. The number of ether oxygens (including phenoxy) is 1. The molecule has 0 aliphatic rings. The van der Waals surface area contributed by atoms with Crippen molar-refractivity contribution in [1.29, 1.82) is 0 Å². The number of carbonyl (C=O) groups excluding carboxylic acids is 2. The molecule has 1 rings (SSSR count). The number of hydrogen-bond acceptors (Lipinski definition) is 3. The van der Waals surface area contributed by atoms with Gasteiger partial charge in [0.25, 0.3) is 0 Å². The van der Waals surface area contributed by atoms with Crippen molar-refractivity contribution in [3.05, 3.63) is 35.9 Å². The molecule has 0 saturated heterocycles. The van der Waals surface area contributed by atoms with Crippen molar-refractivity contribution in [1.82, 2.24) is 0 Å². The van der Waals surface area contributed by atoms with Gasteiger partial charge in [-0.25, -0.2) is 4.79 Å². The Kier molecular flexibility index (Phi) is 6.00. The van der Waals surface area contributed by atoms with Crippen LogP contribution in [0.1, 0.15) is 36.5 Å². The third-order valence-electron chi connectivity index (χ3n) is 2.68. The Morgan fingerprint density at radius 1 is 1.35 bits per heavy atom. The molecule has 0 aromatic heterocycles. The lowest BCUT2D eigenvalue weighted by Gasteiger charge is -2.07. The smallest absolute Gasteiger partial charge is 0.338 e. The van der Waals surface area contributed by atoms with Crippen LogP contribution in [0.4, 0.5) is 0 Å². The molecule has 0 amide bonds. The van der Waals surface area contributed by atoms with E-state index in [9.17, 15) is 9.59 Å². The molecule has 0 N–H and O–H groups in total. The second-order valence-corrected chi connectivity index (χ2v) is 3.95. The lowest BCUT2D eigenvalue weighted by molar-refractivity contribution is -0.111. The molecule has 3 heteroatoms. The van der Waals surface area contributed by atoms with E-state index in [1.807, 2.05) is 13.0 Å². The van der Waals surface area contributed by atoms with E-state index in [0.717, 1.165) is 25.5 Å². The molecule has 0 saturated carbocycles. The fourth-order valence-corrected chi connectivity index (χ4v) is 1.54. The van der Waals surface area contributed by atoms with Gasteiger partial charge in [-0.2, -0.15) is 0 Å². The van der Waals surface area contributed by atoms with Crippen LogP contribution in [0.5, 0.6) is 0 Å². The van der Waals surface area contributed by atoms with Gasteiger partial charge in [-0.3, -0.25) is 0 Å². The zero-order valence-electron chi connectivity index (χ0n) is 10.1. The van der Waals surface area contributed by atoms with E-state index >= 15 is 0 Å². The van der Waals surface area contributed by atoms with Crippen LogP contribution in [0.2, 0.25) is 0 Å². The van der Waals surface area contributed by atoms with Crippen molar-refractivity contribution in [3.63, 3.8) is 0 Å². The zero-order valence-corrected chi connectivity index (χ0v) is 10.1. The van der Waals surface area contributed by atoms with E-state index in [2.05, 4.69) is 0 Å².